The third kappa shape index (κ3) is 5.48. The van der Waals surface area contributed by atoms with Crippen LogP contribution in [0.5, 0.6) is 5.75 Å². The van der Waals surface area contributed by atoms with Crippen molar-refractivity contribution in [1.29, 1.82) is 0 Å². The van der Waals surface area contributed by atoms with E-state index in [0.29, 0.717) is 6.61 Å². The first-order valence-corrected chi connectivity index (χ1v) is 7.77. The zero-order valence-corrected chi connectivity index (χ0v) is 14.0. The highest BCUT2D eigenvalue weighted by Gasteiger charge is 2.23. The van der Waals surface area contributed by atoms with Crippen molar-refractivity contribution in [3.63, 3.8) is 0 Å². The lowest BCUT2D eigenvalue weighted by atomic mass is 10.2. The smallest absolute Gasteiger partial charge is 0.119 e. The summed E-state index contributed by atoms with van der Waals surface area (Å²) >= 11 is 0. The number of rotatable bonds is 10. The Hall–Kier alpha value is -1.30. The Kier molecular flexibility index (Phi) is 6.49. The van der Waals surface area contributed by atoms with Gasteiger partial charge in [0.05, 0.1) is 18.8 Å². The molecule has 5 heteroatoms. The van der Waals surface area contributed by atoms with E-state index in [1.54, 1.807) is 14.2 Å². The quantitative estimate of drug-likeness (QED) is 0.621. The van der Waals surface area contributed by atoms with Crippen LogP contribution in [0.3, 0.4) is 0 Å². The van der Waals surface area contributed by atoms with Crippen LogP contribution in [0.2, 0.25) is 0 Å². The molecule has 2 rings (SSSR count). The first-order valence-electron chi connectivity index (χ1n) is 7.77. The van der Waals surface area contributed by atoms with Gasteiger partial charge in [-0.2, -0.15) is 0 Å². The van der Waals surface area contributed by atoms with E-state index in [1.807, 2.05) is 12.1 Å². The molecule has 3 unspecified atom stereocenters. The van der Waals surface area contributed by atoms with E-state index in [4.69, 9.17) is 18.9 Å². The molecule has 0 saturated carbocycles. The van der Waals surface area contributed by atoms with Gasteiger partial charge in [0, 0.05) is 33.0 Å². The minimum absolute atomic E-state index is 0.159. The van der Waals surface area contributed by atoms with Crippen LogP contribution in [-0.2, 0) is 14.2 Å². The first-order chi connectivity index (χ1) is 10.6. The highest BCUT2D eigenvalue weighted by molar-refractivity contribution is 5.49. The summed E-state index contributed by atoms with van der Waals surface area (Å²) in [6, 6.07) is 8.15. The molecule has 1 saturated heterocycles. The number of methoxy groups -OCH3 is 2. The van der Waals surface area contributed by atoms with Crippen LogP contribution in [0, 0.1) is 0 Å². The molecule has 0 bridgehead atoms. The van der Waals surface area contributed by atoms with Gasteiger partial charge in [-0.3, -0.25) is 0 Å². The first kappa shape index (κ1) is 17.1. The van der Waals surface area contributed by atoms with E-state index >= 15 is 0 Å². The van der Waals surface area contributed by atoms with Crippen molar-refractivity contribution < 1.29 is 18.9 Å². The fourth-order valence-corrected chi connectivity index (χ4v) is 2.16. The molecule has 3 atom stereocenters. The molecule has 0 N–H and O–H groups in total. The lowest BCUT2D eigenvalue weighted by molar-refractivity contribution is 0.106. The maximum atomic E-state index is 5.68. The maximum absolute atomic E-state index is 5.68. The lowest BCUT2D eigenvalue weighted by Crippen LogP contribution is -2.37. The van der Waals surface area contributed by atoms with Gasteiger partial charge in [0.2, 0.25) is 0 Å². The van der Waals surface area contributed by atoms with E-state index in [9.17, 15) is 0 Å². The van der Waals surface area contributed by atoms with Crippen molar-refractivity contribution in [3.8, 4) is 5.75 Å². The van der Waals surface area contributed by atoms with Gasteiger partial charge in [-0.1, -0.05) is 0 Å². The second-order valence-corrected chi connectivity index (χ2v) is 5.76. The van der Waals surface area contributed by atoms with E-state index in [0.717, 1.165) is 31.1 Å². The fourth-order valence-electron chi connectivity index (χ4n) is 2.16. The lowest BCUT2D eigenvalue weighted by Gasteiger charge is -2.29. The number of benzene rings is 1. The Bertz CT molecular complexity index is 421. The number of epoxide rings is 1. The summed E-state index contributed by atoms with van der Waals surface area (Å²) in [5, 5.41) is 0. The molecule has 1 aromatic rings. The molecule has 1 aromatic carbocycles. The van der Waals surface area contributed by atoms with Crippen molar-refractivity contribution >= 4 is 5.69 Å². The monoisotopic (exact) mass is 309 g/mol. The van der Waals surface area contributed by atoms with E-state index in [1.165, 1.54) is 0 Å². The van der Waals surface area contributed by atoms with E-state index in [-0.39, 0.29) is 18.3 Å². The summed E-state index contributed by atoms with van der Waals surface area (Å²) in [6.45, 7) is 7.22. The molecule has 1 aliphatic heterocycles. The number of anilines is 1. The molecule has 0 radical (unpaired) electrons. The summed E-state index contributed by atoms with van der Waals surface area (Å²) < 4.78 is 21.6. The van der Waals surface area contributed by atoms with Gasteiger partial charge in [-0.25, -0.2) is 0 Å². The normalized spacial score (nSPS) is 19.5. The van der Waals surface area contributed by atoms with Crippen molar-refractivity contribution in [2.24, 2.45) is 0 Å². The molecule has 0 aromatic heterocycles. The average molecular weight is 309 g/mol. The maximum Gasteiger partial charge on any atom is 0.119 e. The SMILES string of the molecule is COC(C)CN(CC(C)OC)c1ccc(OCC2CO2)cc1. The van der Waals surface area contributed by atoms with Crippen molar-refractivity contribution in [3.05, 3.63) is 24.3 Å². The third-order valence-corrected chi connectivity index (χ3v) is 3.80. The predicted molar refractivity (Wildman–Crippen MR) is 86.8 cm³/mol. The largest absolute Gasteiger partial charge is 0.491 e. The predicted octanol–water partition coefficient (Wildman–Crippen LogP) is 2.34. The molecule has 0 aliphatic carbocycles. The van der Waals surface area contributed by atoms with Crippen LogP contribution in [0.15, 0.2) is 24.3 Å². The minimum Gasteiger partial charge on any atom is -0.491 e. The Labute approximate surface area is 133 Å². The molecule has 5 nitrogen and oxygen atoms in total. The van der Waals surface area contributed by atoms with Crippen molar-refractivity contribution in [1.82, 2.24) is 0 Å². The van der Waals surface area contributed by atoms with Gasteiger partial charge in [-0.05, 0) is 38.1 Å². The Morgan fingerprint density at radius 1 is 1.09 bits per heavy atom. The molecule has 0 spiro atoms. The standard InChI is InChI=1S/C17H27NO4/c1-13(19-3)9-18(10-14(2)20-4)15-5-7-16(8-6-15)21-11-17-12-22-17/h5-8,13-14,17H,9-12H2,1-4H3. The Morgan fingerprint density at radius 2 is 1.64 bits per heavy atom. The minimum atomic E-state index is 0.159. The zero-order valence-electron chi connectivity index (χ0n) is 14.0. The molecule has 22 heavy (non-hydrogen) atoms. The summed E-state index contributed by atoms with van der Waals surface area (Å²) in [5.74, 6) is 0.874. The van der Waals surface area contributed by atoms with Crippen molar-refractivity contribution in [2.75, 3.05) is 45.4 Å². The summed E-state index contributed by atoms with van der Waals surface area (Å²) in [4.78, 5) is 2.27. The molecule has 124 valence electrons. The topological polar surface area (TPSA) is 43.5 Å². The van der Waals surface area contributed by atoms with Gasteiger partial charge >= 0.3 is 0 Å². The number of hydrogen-bond acceptors (Lipinski definition) is 5. The molecular formula is C17H27NO4. The Morgan fingerprint density at radius 3 is 2.09 bits per heavy atom. The van der Waals surface area contributed by atoms with Crippen LogP contribution in [-0.4, -0.2) is 58.8 Å². The summed E-state index contributed by atoms with van der Waals surface area (Å²) in [5.41, 5.74) is 1.14. The van der Waals surface area contributed by atoms with Gasteiger partial charge in [-0.15, -0.1) is 0 Å². The number of hydrogen-bond donors (Lipinski definition) is 0. The van der Waals surface area contributed by atoms with Gasteiger partial charge < -0.3 is 23.8 Å². The molecule has 1 aliphatic rings. The number of ether oxygens (including phenoxy) is 4. The third-order valence-electron chi connectivity index (χ3n) is 3.80. The second kappa shape index (κ2) is 8.36. The van der Waals surface area contributed by atoms with E-state index in [2.05, 4.69) is 30.9 Å². The average Bonchev–Trinajstić information content (AvgIpc) is 3.36. The van der Waals surface area contributed by atoms with Crippen LogP contribution < -0.4 is 9.64 Å². The van der Waals surface area contributed by atoms with Crippen LogP contribution in [0.25, 0.3) is 0 Å². The summed E-state index contributed by atoms with van der Waals surface area (Å²) in [7, 11) is 3.47. The van der Waals surface area contributed by atoms with Gasteiger partial charge in [0.25, 0.3) is 0 Å². The van der Waals surface area contributed by atoms with Crippen molar-refractivity contribution in [2.45, 2.75) is 32.2 Å². The second-order valence-electron chi connectivity index (χ2n) is 5.76. The molecule has 1 heterocycles. The Balaban J connectivity index is 1.97. The van der Waals surface area contributed by atoms with Gasteiger partial charge in [0.1, 0.15) is 18.5 Å². The van der Waals surface area contributed by atoms with E-state index < -0.39 is 0 Å². The molecular weight excluding hydrogens is 282 g/mol. The van der Waals surface area contributed by atoms with Crippen LogP contribution in [0.4, 0.5) is 5.69 Å². The van der Waals surface area contributed by atoms with Crippen LogP contribution in [0.1, 0.15) is 13.8 Å². The highest BCUT2D eigenvalue weighted by atomic mass is 16.6. The number of nitrogens with zero attached hydrogens (tertiary/aromatic N) is 1. The van der Waals surface area contributed by atoms with Gasteiger partial charge in [0.15, 0.2) is 0 Å². The highest BCUT2D eigenvalue weighted by Crippen LogP contribution is 2.22. The van der Waals surface area contributed by atoms with Crippen LogP contribution >= 0.6 is 0 Å². The zero-order chi connectivity index (χ0) is 15.9. The fraction of sp³-hybridized carbons (Fsp3) is 0.647. The molecule has 1 fully saturated rings. The molecule has 0 amide bonds. The summed E-state index contributed by atoms with van der Waals surface area (Å²) in [6.07, 6.45) is 0.597.